The molecule has 130 valence electrons. The van der Waals surface area contributed by atoms with E-state index in [1.54, 1.807) is 18.3 Å². The highest BCUT2D eigenvalue weighted by Gasteiger charge is 2.37. The molecule has 5 nitrogen and oxygen atoms in total. The van der Waals surface area contributed by atoms with Crippen LogP contribution in [0.1, 0.15) is 36.2 Å². The topological polar surface area (TPSA) is 60.2 Å². The van der Waals surface area contributed by atoms with Crippen molar-refractivity contribution in [1.29, 1.82) is 0 Å². The van der Waals surface area contributed by atoms with Crippen LogP contribution in [-0.4, -0.2) is 19.9 Å². The molecule has 4 rings (SSSR count). The average Bonchev–Trinajstić information content (AvgIpc) is 3.25. The zero-order valence-corrected chi connectivity index (χ0v) is 14.2. The van der Waals surface area contributed by atoms with Crippen LogP contribution in [0.3, 0.4) is 0 Å². The van der Waals surface area contributed by atoms with Gasteiger partial charge in [0.05, 0.1) is 12.8 Å². The minimum absolute atomic E-state index is 0.0421. The van der Waals surface area contributed by atoms with Crippen LogP contribution in [0.25, 0.3) is 10.9 Å². The first-order chi connectivity index (χ1) is 12.1. The summed E-state index contributed by atoms with van der Waals surface area (Å²) in [6, 6.07) is 6.60. The summed E-state index contributed by atoms with van der Waals surface area (Å²) in [6.07, 6.45) is 2.79. The van der Waals surface area contributed by atoms with Crippen LogP contribution in [0.2, 0.25) is 0 Å². The van der Waals surface area contributed by atoms with Gasteiger partial charge >= 0.3 is 0 Å². The van der Waals surface area contributed by atoms with E-state index in [1.807, 2.05) is 6.92 Å². The Morgan fingerprint density at radius 3 is 2.68 bits per heavy atom. The summed E-state index contributed by atoms with van der Waals surface area (Å²) in [5.74, 6) is 0.771. The molecule has 6 heteroatoms. The first-order valence-electron chi connectivity index (χ1n) is 8.43. The van der Waals surface area contributed by atoms with E-state index >= 15 is 0 Å². The fourth-order valence-electron chi connectivity index (χ4n) is 3.43. The van der Waals surface area contributed by atoms with Crippen molar-refractivity contribution >= 4 is 10.9 Å². The number of aliphatic hydroxyl groups is 1. The number of aromatic nitrogens is 3. The predicted octanol–water partition coefficient (Wildman–Crippen LogP) is 3.53. The minimum Gasteiger partial charge on any atom is -0.470 e. The van der Waals surface area contributed by atoms with Gasteiger partial charge in [-0.25, -0.2) is 4.39 Å². The highest BCUT2D eigenvalue weighted by molar-refractivity contribution is 5.88. The maximum atomic E-state index is 13.0. The van der Waals surface area contributed by atoms with E-state index in [0.29, 0.717) is 17.8 Å². The molecule has 2 heterocycles. The van der Waals surface area contributed by atoms with E-state index in [2.05, 4.69) is 21.7 Å². The summed E-state index contributed by atoms with van der Waals surface area (Å²) in [4.78, 5) is 0. The summed E-state index contributed by atoms with van der Waals surface area (Å²) < 4.78 is 21.2. The standard InChI is InChI=1S/C19H20FN3O2/c1-11-7-17(11)23-12(2)16(9-24)15-8-21-22-19(18(15)23)25-10-13-3-5-14(20)6-4-13/h3-6,8,11,17,24H,7,9-10H2,1-2H3/t11-,17-/m0/s1. The lowest BCUT2D eigenvalue weighted by molar-refractivity contribution is 0.282. The summed E-state index contributed by atoms with van der Waals surface area (Å²) in [5, 5.41) is 18.9. The molecule has 0 unspecified atom stereocenters. The molecular formula is C19H20FN3O2. The van der Waals surface area contributed by atoms with Gasteiger partial charge in [0, 0.05) is 22.7 Å². The molecule has 2 aromatic heterocycles. The zero-order chi connectivity index (χ0) is 17.6. The molecular weight excluding hydrogens is 321 g/mol. The maximum Gasteiger partial charge on any atom is 0.258 e. The monoisotopic (exact) mass is 341 g/mol. The van der Waals surface area contributed by atoms with Crippen molar-refractivity contribution in [2.24, 2.45) is 5.92 Å². The van der Waals surface area contributed by atoms with Crippen molar-refractivity contribution in [2.45, 2.75) is 39.5 Å². The molecule has 2 atom stereocenters. The van der Waals surface area contributed by atoms with Crippen LogP contribution in [-0.2, 0) is 13.2 Å². The molecule has 1 N–H and O–H groups in total. The molecule has 0 amide bonds. The number of aliphatic hydroxyl groups excluding tert-OH is 1. The number of hydrogen-bond donors (Lipinski definition) is 1. The Hall–Kier alpha value is -2.47. The first kappa shape index (κ1) is 16.0. The molecule has 1 fully saturated rings. The number of rotatable bonds is 5. The third-order valence-electron chi connectivity index (χ3n) is 5.00. The van der Waals surface area contributed by atoms with Crippen LogP contribution < -0.4 is 4.74 Å². The third-order valence-corrected chi connectivity index (χ3v) is 5.00. The molecule has 0 spiro atoms. The molecule has 0 aliphatic heterocycles. The van der Waals surface area contributed by atoms with Crippen LogP contribution in [0.5, 0.6) is 5.88 Å². The van der Waals surface area contributed by atoms with Gasteiger partial charge in [0.2, 0.25) is 0 Å². The summed E-state index contributed by atoms with van der Waals surface area (Å²) in [6.45, 7) is 4.47. The normalized spacial score (nSPS) is 19.4. The number of halogens is 1. The van der Waals surface area contributed by atoms with Crippen LogP contribution in [0, 0.1) is 18.7 Å². The highest BCUT2D eigenvalue weighted by Crippen LogP contribution is 2.47. The molecule has 3 aromatic rings. The molecule has 1 saturated carbocycles. The predicted molar refractivity (Wildman–Crippen MR) is 91.7 cm³/mol. The number of benzene rings is 1. The lowest BCUT2D eigenvalue weighted by Crippen LogP contribution is -2.04. The minimum atomic E-state index is -0.273. The molecule has 0 radical (unpaired) electrons. The number of nitrogens with zero attached hydrogens (tertiary/aromatic N) is 3. The van der Waals surface area contributed by atoms with Crippen LogP contribution >= 0.6 is 0 Å². The Morgan fingerprint density at radius 2 is 2.04 bits per heavy atom. The van der Waals surface area contributed by atoms with Gasteiger partial charge in [-0.3, -0.25) is 0 Å². The van der Waals surface area contributed by atoms with E-state index in [9.17, 15) is 9.50 Å². The molecule has 1 aromatic carbocycles. The second-order valence-electron chi connectivity index (χ2n) is 6.70. The Bertz CT molecular complexity index is 921. The van der Waals surface area contributed by atoms with Crippen molar-refractivity contribution in [3.05, 3.63) is 53.1 Å². The number of fused-ring (bicyclic) bond motifs is 1. The van der Waals surface area contributed by atoms with E-state index in [1.165, 1.54) is 12.1 Å². The molecule has 1 aliphatic carbocycles. The Kier molecular flexibility index (Phi) is 3.92. The van der Waals surface area contributed by atoms with Crippen molar-refractivity contribution < 1.29 is 14.2 Å². The fraction of sp³-hybridized carbons (Fsp3) is 0.368. The maximum absolute atomic E-state index is 13.0. The lowest BCUT2D eigenvalue weighted by atomic mass is 10.2. The number of hydrogen-bond acceptors (Lipinski definition) is 4. The van der Waals surface area contributed by atoms with Gasteiger partial charge in [0.25, 0.3) is 5.88 Å². The smallest absolute Gasteiger partial charge is 0.258 e. The Balaban J connectivity index is 1.74. The second kappa shape index (κ2) is 6.11. The van der Waals surface area contributed by atoms with Crippen molar-refractivity contribution in [3.63, 3.8) is 0 Å². The van der Waals surface area contributed by atoms with Gasteiger partial charge in [-0.15, -0.1) is 5.10 Å². The first-order valence-corrected chi connectivity index (χ1v) is 8.43. The van der Waals surface area contributed by atoms with Crippen LogP contribution in [0.4, 0.5) is 4.39 Å². The number of ether oxygens (including phenoxy) is 1. The molecule has 25 heavy (non-hydrogen) atoms. The van der Waals surface area contributed by atoms with Gasteiger partial charge in [0.15, 0.2) is 0 Å². The quantitative estimate of drug-likeness (QED) is 0.771. The van der Waals surface area contributed by atoms with Crippen molar-refractivity contribution in [3.8, 4) is 5.88 Å². The molecule has 1 aliphatic rings. The largest absolute Gasteiger partial charge is 0.470 e. The van der Waals surface area contributed by atoms with Crippen molar-refractivity contribution in [2.75, 3.05) is 0 Å². The van der Waals surface area contributed by atoms with Crippen molar-refractivity contribution in [1.82, 2.24) is 14.8 Å². The Morgan fingerprint density at radius 1 is 1.32 bits per heavy atom. The van der Waals surface area contributed by atoms with Crippen LogP contribution in [0.15, 0.2) is 30.5 Å². The Labute approximate surface area is 145 Å². The zero-order valence-electron chi connectivity index (χ0n) is 14.2. The summed E-state index contributed by atoms with van der Waals surface area (Å²) >= 11 is 0. The van der Waals surface area contributed by atoms with Gasteiger partial charge < -0.3 is 14.4 Å². The third kappa shape index (κ3) is 2.76. The van der Waals surface area contributed by atoms with Gasteiger partial charge in [-0.1, -0.05) is 19.1 Å². The van der Waals surface area contributed by atoms with Gasteiger partial charge in [0.1, 0.15) is 17.9 Å². The van der Waals surface area contributed by atoms with E-state index in [0.717, 1.165) is 34.1 Å². The lowest BCUT2D eigenvalue weighted by Gasteiger charge is -2.11. The average molecular weight is 341 g/mol. The van der Waals surface area contributed by atoms with E-state index in [4.69, 9.17) is 4.74 Å². The fourth-order valence-corrected chi connectivity index (χ4v) is 3.43. The molecule has 0 saturated heterocycles. The summed E-state index contributed by atoms with van der Waals surface area (Å²) in [7, 11) is 0. The van der Waals surface area contributed by atoms with E-state index < -0.39 is 0 Å². The van der Waals surface area contributed by atoms with E-state index in [-0.39, 0.29) is 19.0 Å². The van der Waals surface area contributed by atoms with Gasteiger partial charge in [-0.2, -0.15) is 5.10 Å². The van der Waals surface area contributed by atoms with Gasteiger partial charge in [-0.05, 0) is 37.0 Å². The second-order valence-corrected chi connectivity index (χ2v) is 6.70. The highest BCUT2D eigenvalue weighted by atomic mass is 19.1. The summed E-state index contributed by atoms with van der Waals surface area (Å²) in [5.41, 5.74) is 3.65. The molecule has 0 bridgehead atoms. The SMILES string of the molecule is Cc1c(CO)c2cnnc(OCc3ccc(F)cc3)c2n1[C@H]1C[C@@H]1C.